The molecule has 1 aromatic rings. The molecule has 0 atom stereocenters. The Morgan fingerprint density at radius 2 is 2.04 bits per heavy atom. The first-order chi connectivity index (χ1) is 11.6. The number of nitrogens with zero attached hydrogens (tertiary/aromatic N) is 3. The summed E-state index contributed by atoms with van der Waals surface area (Å²) in [6.45, 7) is 0.353. The fraction of sp³-hybridized carbons (Fsp3) is 0.500. The van der Waals surface area contributed by atoms with Crippen LogP contribution in [0.1, 0.15) is 36.8 Å². The molecular formula is C18H20ClN3O2. The number of ether oxygens (including phenoxy) is 1. The van der Waals surface area contributed by atoms with Gasteiger partial charge in [0, 0.05) is 24.1 Å². The second kappa shape index (κ2) is 8.57. The topological polar surface area (TPSA) is 77.1 Å². The lowest BCUT2D eigenvalue weighted by atomic mass is 9.86. The van der Waals surface area contributed by atoms with E-state index < -0.39 is 0 Å². The average molecular weight is 346 g/mol. The number of para-hydroxylation sites is 1. The first-order valence-corrected chi connectivity index (χ1v) is 8.49. The Balaban J connectivity index is 2.24. The Kier molecular flexibility index (Phi) is 6.46. The van der Waals surface area contributed by atoms with Crippen molar-refractivity contribution in [3.05, 3.63) is 29.3 Å². The van der Waals surface area contributed by atoms with Crippen LogP contribution in [-0.2, 0) is 11.3 Å². The van der Waals surface area contributed by atoms with Crippen molar-refractivity contribution in [2.24, 2.45) is 5.92 Å². The molecule has 5 nitrogen and oxygen atoms in total. The quantitative estimate of drug-likeness (QED) is 0.768. The highest BCUT2D eigenvalue weighted by Gasteiger charge is 2.29. The summed E-state index contributed by atoms with van der Waals surface area (Å²) in [5.41, 5.74) is 1.24. The van der Waals surface area contributed by atoms with Gasteiger partial charge in [0.1, 0.15) is 17.7 Å². The van der Waals surface area contributed by atoms with E-state index in [1.54, 1.807) is 17.0 Å². The maximum absolute atomic E-state index is 12.3. The zero-order valence-electron chi connectivity index (χ0n) is 13.7. The number of carbonyl (C=O) groups is 1. The minimum absolute atomic E-state index is 0.0660. The third-order valence-electron chi connectivity index (χ3n) is 4.52. The first kappa shape index (κ1) is 18.1. The van der Waals surface area contributed by atoms with Crippen LogP contribution in [0.5, 0.6) is 5.75 Å². The highest BCUT2D eigenvalue weighted by molar-refractivity contribution is 6.27. The van der Waals surface area contributed by atoms with Crippen LogP contribution in [0.25, 0.3) is 0 Å². The van der Waals surface area contributed by atoms with Gasteiger partial charge in [0.05, 0.1) is 18.7 Å². The van der Waals surface area contributed by atoms with Gasteiger partial charge in [-0.3, -0.25) is 4.79 Å². The maximum Gasteiger partial charge on any atom is 0.238 e. The molecule has 0 unspecified atom stereocenters. The lowest BCUT2D eigenvalue weighted by Crippen LogP contribution is -2.42. The van der Waals surface area contributed by atoms with E-state index in [1.165, 1.54) is 7.11 Å². The summed E-state index contributed by atoms with van der Waals surface area (Å²) in [5, 5.41) is 18.2. The Morgan fingerprint density at radius 1 is 1.33 bits per heavy atom. The molecule has 6 heteroatoms. The van der Waals surface area contributed by atoms with Crippen molar-refractivity contribution in [1.29, 1.82) is 10.5 Å². The molecule has 0 aromatic heterocycles. The van der Waals surface area contributed by atoms with E-state index in [4.69, 9.17) is 21.6 Å². The Morgan fingerprint density at radius 3 is 2.58 bits per heavy atom. The van der Waals surface area contributed by atoms with Crippen molar-refractivity contribution < 1.29 is 9.53 Å². The summed E-state index contributed by atoms with van der Waals surface area (Å²) >= 11 is 5.79. The molecule has 0 heterocycles. The second-order valence-corrected chi connectivity index (χ2v) is 6.17. The van der Waals surface area contributed by atoms with Crippen LogP contribution >= 0.6 is 11.6 Å². The first-order valence-electron chi connectivity index (χ1n) is 7.95. The van der Waals surface area contributed by atoms with E-state index in [0.29, 0.717) is 17.9 Å². The van der Waals surface area contributed by atoms with Gasteiger partial charge in [-0.2, -0.15) is 10.5 Å². The summed E-state index contributed by atoms with van der Waals surface area (Å²) in [7, 11) is 1.52. The number of halogens is 1. The summed E-state index contributed by atoms with van der Waals surface area (Å²) in [5.74, 6) is 0.351. The van der Waals surface area contributed by atoms with E-state index in [0.717, 1.165) is 31.2 Å². The van der Waals surface area contributed by atoms with Crippen molar-refractivity contribution in [2.75, 3.05) is 13.0 Å². The predicted octanol–water partition coefficient (Wildman–Crippen LogP) is 3.22. The van der Waals surface area contributed by atoms with Gasteiger partial charge in [-0.25, -0.2) is 0 Å². The van der Waals surface area contributed by atoms with Crippen LogP contribution in [0, 0.1) is 28.6 Å². The highest BCUT2D eigenvalue weighted by atomic mass is 35.5. The number of benzene rings is 1. The number of rotatable bonds is 5. The van der Waals surface area contributed by atoms with E-state index in [1.807, 2.05) is 6.07 Å². The van der Waals surface area contributed by atoms with Gasteiger partial charge in [0.2, 0.25) is 5.91 Å². The van der Waals surface area contributed by atoms with Gasteiger partial charge in [-0.1, -0.05) is 12.1 Å². The number of methoxy groups -OCH3 is 1. The van der Waals surface area contributed by atoms with E-state index in [-0.39, 0.29) is 23.7 Å². The molecule has 1 aliphatic rings. The Labute approximate surface area is 147 Å². The van der Waals surface area contributed by atoms with E-state index >= 15 is 0 Å². The molecule has 1 amide bonds. The minimum atomic E-state index is -0.138. The van der Waals surface area contributed by atoms with Gasteiger partial charge in [-0.15, -0.1) is 11.6 Å². The minimum Gasteiger partial charge on any atom is -0.495 e. The zero-order chi connectivity index (χ0) is 17.5. The Hall–Kier alpha value is -2.24. The van der Waals surface area contributed by atoms with Gasteiger partial charge in [0.15, 0.2) is 0 Å². The average Bonchev–Trinajstić information content (AvgIpc) is 2.65. The van der Waals surface area contributed by atoms with E-state index in [9.17, 15) is 10.1 Å². The molecule has 0 spiro atoms. The molecule has 0 N–H and O–H groups in total. The van der Waals surface area contributed by atoms with Crippen LogP contribution in [0.2, 0.25) is 0 Å². The molecule has 0 aliphatic heterocycles. The van der Waals surface area contributed by atoms with Crippen LogP contribution in [0.15, 0.2) is 18.2 Å². The molecule has 1 saturated carbocycles. The predicted molar refractivity (Wildman–Crippen MR) is 90.3 cm³/mol. The monoisotopic (exact) mass is 345 g/mol. The third kappa shape index (κ3) is 3.99. The lowest BCUT2D eigenvalue weighted by Gasteiger charge is -2.35. The molecule has 0 saturated heterocycles. The number of amides is 1. The summed E-state index contributed by atoms with van der Waals surface area (Å²) in [6, 6.07) is 9.80. The molecular weight excluding hydrogens is 326 g/mol. The largest absolute Gasteiger partial charge is 0.495 e. The molecule has 2 rings (SSSR count). The number of alkyl halides is 1. The fourth-order valence-electron chi connectivity index (χ4n) is 3.24. The highest BCUT2D eigenvalue weighted by Crippen LogP contribution is 2.31. The van der Waals surface area contributed by atoms with Crippen LogP contribution in [-0.4, -0.2) is 29.8 Å². The molecule has 1 fully saturated rings. The molecule has 126 valence electrons. The number of carbonyl (C=O) groups excluding carboxylic acids is 1. The number of hydrogen-bond acceptors (Lipinski definition) is 4. The molecule has 0 bridgehead atoms. The Bertz CT molecular complexity index is 670. The summed E-state index contributed by atoms with van der Waals surface area (Å²) in [4.78, 5) is 14.1. The van der Waals surface area contributed by atoms with Crippen LogP contribution < -0.4 is 4.74 Å². The molecule has 1 aliphatic carbocycles. The van der Waals surface area contributed by atoms with Gasteiger partial charge < -0.3 is 9.64 Å². The van der Waals surface area contributed by atoms with Gasteiger partial charge >= 0.3 is 0 Å². The normalized spacial score (nSPS) is 19.8. The number of hydrogen-bond donors (Lipinski definition) is 0. The van der Waals surface area contributed by atoms with Gasteiger partial charge in [-0.05, 0) is 31.7 Å². The van der Waals surface area contributed by atoms with E-state index in [2.05, 4.69) is 12.1 Å². The lowest BCUT2D eigenvalue weighted by molar-refractivity contribution is -0.132. The van der Waals surface area contributed by atoms with Crippen molar-refractivity contribution in [2.45, 2.75) is 38.3 Å². The SMILES string of the molecule is COc1c(C#N)cccc1CN(C(=O)CCl)C1CCC(C#N)CC1. The van der Waals surface area contributed by atoms with Crippen molar-refractivity contribution in [3.8, 4) is 17.9 Å². The van der Waals surface area contributed by atoms with Crippen molar-refractivity contribution >= 4 is 17.5 Å². The molecule has 24 heavy (non-hydrogen) atoms. The number of nitriles is 2. The van der Waals surface area contributed by atoms with Crippen LogP contribution in [0.3, 0.4) is 0 Å². The summed E-state index contributed by atoms with van der Waals surface area (Å²) < 4.78 is 5.37. The van der Waals surface area contributed by atoms with Crippen molar-refractivity contribution in [3.63, 3.8) is 0 Å². The molecule has 1 aromatic carbocycles. The third-order valence-corrected chi connectivity index (χ3v) is 4.75. The summed E-state index contributed by atoms with van der Waals surface area (Å²) in [6.07, 6.45) is 3.17. The smallest absolute Gasteiger partial charge is 0.238 e. The molecule has 0 radical (unpaired) electrons. The van der Waals surface area contributed by atoms with Crippen molar-refractivity contribution in [1.82, 2.24) is 4.90 Å². The second-order valence-electron chi connectivity index (χ2n) is 5.90. The van der Waals surface area contributed by atoms with Gasteiger partial charge in [0.25, 0.3) is 0 Å². The standard InChI is InChI=1S/C18H20ClN3O2/c1-24-18-14(11-21)3-2-4-15(18)12-22(17(23)9-19)16-7-5-13(10-20)6-8-16/h2-4,13,16H,5-9,12H2,1H3. The maximum atomic E-state index is 12.3. The van der Waals surface area contributed by atoms with Crippen LogP contribution in [0.4, 0.5) is 0 Å². The fourth-order valence-corrected chi connectivity index (χ4v) is 3.39. The zero-order valence-corrected chi connectivity index (χ0v) is 14.4.